The van der Waals surface area contributed by atoms with Gasteiger partial charge in [-0.1, -0.05) is 30.3 Å². The lowest BCUT2D eigenvalue weighted by atomic mass is 10.2. The quantitative estimate of drug-likeness (QED) is 0.716. The van der Waals surface area contributed by atoms with Gasteiger partial charge in [0.05, 0.1) is 17.9 Å². The van der Waals surface area contributed by atoms with E-state index >= 15 is 0 Å². The molecule has 0 spiro atoms. The van der Waals surface area contributed by atoms with Gasteiger partial charge >= 0.3 is 6.03 Å². The van der Waals surface area contributed by atoms with Gasteiger partial charge in [-0.2, -0.15) is 5.10 Å². The number of aryl methyl sites for hydroxylation is 1. The summed E-state index contributed by atoms with van der Waals surface area (Å²) in [4.78, 5) is 12.2. The fourth-order valence-corrected chi connectivity index (χ4v) is 3.04. The molecule has 4 rings (SSSR count). The third-order valence-corrected chi connectivity index (χ3v) is 4.46. The van der Waals surface area contributed by atoms with Gasteiger partial charge in [0.15, 0.2) is 17.6 Å². The zero-order chi connectivity index (χ0) is 19.3. The monoisotopic (exact) mass is 378 g/mol. The largest absolute Gasteiger partial charge is 0.486 e. The number of benzene rings is 2. The average Bonchev–Trinajstić information content (AvgIpc) is 3.17. The minimum Gasteiger partial charge on any atom is -0.486 e. The van der Waals surface area contributed by atoms with E-state index in [-0.39, 0.29) is 12.1 Å². The predicted octanol–water partition coefficient (Wildman–Crippen LogP) is 2.82. The van der Waals surface area contributed by atoms with Gasteiger partial charge in [-0.15, -0.1) is 0 Å². The number of aromatic nitrogens is 2. The summed E-state index contributed by atoms with van der Waals surface area (Å²) in [7, 11) is 0. The van der Waals surface area contributed by atoms with Gasteiger partial charge in [0.25, 0.3) is 0 Å². The van der Waals surface area contributed by atoms with Crippen LogP contribution in [0.3, 0.4) is 0 Å². The molecule has 2 aromatic carbocycles. The van der Waals surface area contributed by atoms with E-state index in [1.165, 1.54) is 0 Å². The van der Waals surface area contributed by atoms with Crippen molar-refractivity contribution in [2.75, 3.05) is 13.2 Å². The topological polar surface area (TPSA) is 77.4 Å². The Balaban J connectivity index is 1.30. The zero-order valence-corrected chi connectivity index (χ0v) is 15.6. The number of carbonyl (C=O) groups is 1. The van der Waals surface area contributed by atoms with E-state index in [1.807, 2.05) is 72.4 Å². The summed E-state index contributed by atoms with van der Waals surface area (Å²) in [5.74, 6) is 1.43. The molecule has 1 unspecified atom stereocenters. The fourth-order valence-electron chi connectivity index (χ4n) is 3.04. The molecular weight excluding hydrogens is 356 g/mol. The highest BCUT2D eigenvalue weighted by atomic mass is 16.6. The number of urea groups is 1. The molecule has 1 aromatic heterocycles. The third-order valence-electron chi connectivity index (χ3n) is 4.46. The summed E-state index contributed by atoms with van der Waals surface area (Å²) in [5, 5.41) is 10.2. The lowest BCUT2D eigenvalue weighted by Gasteiger charge is -2.26. The molecule has 1 atom stereocenters. The van der Waals surface area contributed by atoms with E-state index in [0.29, 0.717) is 25.4 Å². The summed E-state index contributed by atoms with van der Waals surface area (Å²) in [6.45, 7) is 3.10. The van der Waals surface area contributed by atoms with Gasteiger partial charge in [-0.05, 0) is 36.8 Å². The van der Waals surface area contributed by atoms with Crippen LogP contribution < -0.4 is 20.1 Å². The maximum absolute atomic E-state index is 12.2. The molecule has 3 aromatic rings. The molecule has 1 aliphatic heterocycles. The molecule has 1 aliphatic rings. The molecule has 0 radical (unpaired) electrons. The summed E-state index contributed by atoms with van der Waals surface area (Å²) < 4.78 is 13.3. The van der Waals surface area contributed by atoms with Crippen LogP contribution in [0.5, 0.6) is 11.5 Å². The molecule has 28 heavy (non-hydrogen) atoms. The predicted molar refractivity (Wildman–Crippen MR) is 105 cm³/mol. The van der Waals surface area contributed by atoms with Crippen LogP contribution in [0.1, 0.15) is 11.3 Å². The van der Waals surface area contributed by atoms with Crippen molar-refractivity contribution in [3.8, 4) is 17.2 Å². The SMILES string of the molecule is Cc1ccn(-c2ccccc2CNC(=O)NCC2COc3ccccc3O2)n1. The van der Waals surface area contributed by atoms with Crippen LogP contribution in [0.15, 0.2) is 60.8 Å². The van der Waals surface area contributed by atoms with E-state index in [1.54, 1.807) is 0 Å². The molecular formula is C21H22N4O3. The first-order chi connectivity index (χ1) is 13.7. The van der Waals surface area contributed by atoms with Crippen LogP contribution in [0, 0.1) is 6.92 Å². The maximum atomic E-state index is 12.2. The van der Waals surface area contributed by atoms with Crippen molar-refractivity contribution in [3.63, 3.8) is 0 Å². The van der Waals surface area contributed by atoms with Crippen molar-refractivity contribution in [1.82, 2.24) is 20.4 Å². The van der Waals surface area contributed by atoms with Crippen molar-refractivity contribution >= 4 is 6.03 Å². The Morgan fingerprint density at radius 1 is 1.11 bits per heavy atom. The highest BCUT2D eigenvalue weighted by Crippen LogP contribution is 2.30. The number of nitrogens with zero attached hydrogens (tertiary/aromatic N) is 2. The van der Waals surface area contributed by atoms with Crippen molar-refractivity contribution in [2.45, 2.75) is 19.6 Å². The molecule has 144 valence electrons. The molecule has 0 fully saturated rings. The lowest BCUT2D eigenvalue weighted by Crippen LogP contribution is -2.44. The highest BCUT2D eigenvalue weighted by molar-refractivity contribution is 5.74. The molecule has 7 heteroatoms. The number of amides is 2. The standard InChI is InChI=1S/C21H22N4O3/c1-15-10-11-25(24-15)18-7-3-2-6-16(18)12-22-21(26)23-13-17-14-27-19-8-4-5-9-20(19)28-17/h2-11,17H,12-14H2,1H3,(H2,22,23,26). The molecule has 2 amide bonds. The van der Waals surface area contributed by atoms with Gasteiger partial charge in [0.2, 0.25) is 0 Å². The number of carbonyl (C=O) groups excluding carboxylic acids is 1. The Morgan fingerprint density at radius 2 is 1.89 bits per heavy atom. The summed E-state index contributed by atoms with van der Waals surface area (Å²) in [6.07, 6.45) is 1.69. The second-order valence-electron chi connectivity index (χ2n) is 6.59. The second-order valence-corrected chi connectivity index (χ2v) is 6.59. The first-order valence-electron chi connectivity index (χ1n) is 9.20. The van der Waals surface area contributed by atoms with E-state index in [4.69, 9.17) is 9.47 Å². The van der Waals surface area contributed by atoms with Crippen LogP contribution in [0.4, 0.5) is 4.79 Å². The smallest absolute Gasteiger partial charge is 0.315 e. The molecule has 0 saturated heterocycles. The molecule has 0 aliphatic carbocycles. The number of ether oxygens (including phenoxy) is 2. The molecule has 7 nitrogen and oxygen atoms in total. The highest BCUT2D eigenvalue weighted by Gasteiger charge is 2.21. The molecule has 0 bridgehead atoms. The summed E-state index contributed by atoms with van der Waals surface area (Å²) in [5.41, 5.74) is 2.86. The van der Waals surface area contributed by atoms with E-state index < -0.39 is 0 Å². The average molecular weight is 378 g/mol. The minimum atomic E-state index is -0.256. The minimum absolute atomic E-state index is 0.222. The van der Waals surface area contributed by atoms with Crippen LogP contribution in [0.2, 0.25) is 0 Å². The lowest BCUT2D eigenvalue weighted by molar-refractivity contribution is 0.0918. The molecule has 2 heterocycles. The van der Waals surface area contributed by atoms with Gasteiger partial charge < -0.3 is 20.1 Å². The van der Waals surface area contributed by atoms with Crippen molar-refractivity contribution in [1.29, 1.82) is 0 Å². The second kappa shape index (κ2) is 8.04. The van der Waals surface area contributed by atoms with Crippen molar-refractivity contribution in [3.05, 3.63) is 72.1 Å². The molecule has 2 N–H and O–H groups in total. The van der Waals surface area contributed by atoms with Gasteiger partial charge in [0.1, 0.15) is 6.61 Å². The molecule has 0 saturated carbocycles. The van der Waals surface area contributed by atoms with Crippen LogP contribution in [0.25, 0.3) is 5.69 Å². The Labute approximate surface area is 163 Å². The number of hydrogen-bond donors (Lipinski definition) is 2. The van der Waals surface area contributed by atoms with Gasteiger partial charge in [-0.25, -0.2) is 9.48 Å². The summed E-state index contributed by atoms with van der Waals surface area (Å²) in [6, 6.07) is 17.1. The number of fused-ring (bicyclic) bond motifs is 1. The van der Waals surface area contributed by atoms with Crippen LogP contribution in [-0.4, -0.2) is 35.1 Å². The normalized spacial score (nSPS) is 15.1. The number of nitrogens with one attached hydrogen (secondary N) is 2. The van der Waals surface area contributed by atoms with Crippen LogP contribution in [-0.2, 0) is 6.54 Å². The Kier molecular flexibility index (Phi) is 5.14. The first kappa shape index (κ1) is 17.9. The van der Waals surface area contributed by atoms with Gasteiger partial charge in [0, 0.05) is 12.7 Å². The van der Waals surface area contributed by atoms with Crippen LogP contribution >= 0.6 is 0 Å². The Bertz CT molecular complexity index is 970. The number of rotatable bonds is 5. The number of para-hydroxylation sites is 3. The Morgan fingerprint density at radius 3 is 2.71 bits per heavy atom. The van der Waals surface area contributed by atoms with Crippen molar-refractivity contribution < 1.29 is 14.3 Å². The fraction of sp³-hybridized carbons (Fsp3) is 0.238. The third kappa shape index (κ3) is 4.09. The van der Waals surface area contributed by atoms with E-state index in [9.17, 15) is 4.79 Å². The van der Waals surface area contributed by atoms with E-state index in [0.717, 1.165) is 22.7 Å². The Hall–Kier alpha value is -3.48. The first-order valence-corrected chi connectivity index (χ1v) is 9.20. The summed E-state index contributed by atoms with van der Waals surface area (Å²) >= 11 is 0. The zero-order valence-electron chi connectivity index (χ0n) is 15.6. The van der Waals surface area contributed by atoms with E-state index in [2.05, 4.69) is 15.7 Å². The number of hydrogen-bond acceptors (Lipinski definition) is 4. The maximum Gasteiger partial charge on any atom is 0.315 e. The van der Waals surface area contributed by atoms with Crippen molar-refractivity contribution in [2.24, 2.45) is 0 Å². The van der Waals surface area contributed by atoms with Gasteiger partial charge in [-0.3, -0.25) is 0 Å².